The second-order valence-electron chi connectivity index (χ2n) is 3.76. The molecule has 4 heteroatoms. The molecule has 0 saturated carbocycles. The minimum absolute atomic E-state index is 0.102. The van der Waals surface area contributed by atoms with Crippen LogP contribution in [0.5, 0.6) is 5.75 Å². The summed E-state index contributed by atoms with van der Waals surface area (Å²) in [4.78, 5) is 10.2. The Morgan fingerprint density at radius 1 is 1.00 bits per heavy atom. The second-order valence-corrected chi connectivity index (χ2v) is 3.76. The highest BCUT2D eigenvalue weighted by molar-refractivity contribution is 5.65. The summed E-state index contributed by atoms with van der Waals surface area (Å²) in [5.74, 6) is 0.822. The van der Waals surface area contributed by atoms with Crippen molar-refractivity contribution < 1.29 is 9.66 Å². The molecule has 18 heavy (non-hydrogen) atoms. The van der Waals surface area contributed by atoms with Crippen LogP contribution in [-0.2, 0) is 0 Å². The number of hydrogen-bond acceptors (Lipinski definition) is 3. The monoisotopic (exact) mass is 243 g/mol. The van der Waals surface area contributed by atoms with Gasteiger partial charge in [-0.3, -0.25) is 10.1 Å². The van der Waals surface area contributed by atoms with Crippen molar-refractivity contribution in [3.05, 3.63) is 58.6 Å². The summed E-state index contributed by atoms with van der Waals surface area (Å²) in [5.41, 5.74) is 2.06. The quantitative estimate of drug-likeness (QED) is 0.608. The van der Waals surface area contributed by atoms with Gasteiger partial charge in [0.1, 0.15) is 5.75 Å². The van der Waals surface area contributed by atoms with Crippen LogP contribution in [0.15, 0.2) is 48.5 Å². The van der Waals surface area contributed by atoms with Crippen LogP contribution >= 0.6 is 0 Å². The summed E-state index contributed by atoms with van der Waals surface area (Å²) < 4.78 is 5.36. The molecule has 0 heterocycles. The smallest absolute Gasteiger partial charge is 0.269 e. The molecule has 0 spiro atoms. The number of ether oxygens (including phenoxy) is 1. The number of non-ortho nitro benzene ring substituents is 1. The molecule has 0 saturated heterocycles. The van der Waals surface area contributed by atoms with E-state index in [-0.39, 0.29) is 5.69 Å². The summed E-state index contributed by atoms with van der Waals surface area (Å²) in [7, 11) is 0. The Kier molecular flexibility index (Phi) is 3.57. The fourth-order valence-electron chi connectivity index (χ4n) is 1.69. The highest BCUT2D eigenvalue weighted by atomic mass is 16.6. The lowest BCUT2D eigenvalue weighted by atomic mass is 10.1. The Morgan fingerprint density at radius 3 is 1.94 bits per heavy atom. The second kappa shape index (κ2) is 5.31. The zero-order valence-corrected chi connectivity index (χ0v) is 10.00. The first-order valence-corrected chi connectivity index (χ1v) is 5.68. The van der Waals surface area contributed by atoms with E-state index in [1.807, 2.05) is 31.2 Å². The molecule has 0 aliphatic heterocycles. The van der Waals surface area contributed by atoms with E-state index in [1.165, 1.54) is 12.1 Å². The van der Waals surface area contributed by atoms with Crippen molar-refractivity contribution in [2.24, 2.45) is 0 Å². The SMILES string of the molecule is CCOc1ccc(-c2ccc([N+](=O)[O-])cc2)cc1. The third-order valence-electron chi connectivity index (χ3n) is 2.58. The molecule has 0 N–H and O–H groups in total. The van der Waals surface area contributed by atoms with Crippen molar-refractivity contribution in [2.75, 3.05) is 6.61 Å². The summed E-state index contributed by atoms with van der Waals surface area (Å²) in [6, 6.07) is 14.2. The van der Waals surface area contributed by atoms with Gasteiger partial charge in [-0.1, -0.05) is 12.1 Å². The minimum atomic E-state index is -0.401. The summed E-state index contributed by atoms with van der Waals surface area (Å²) in [5, 5.41) is 10.6. The van der Waals surface area contributed by atoms with E-state index in [9.17, 15) is 10.1 Å². The van der Waals surface area contributed by atoms with Crippen LogP contribution in [-0.4, -0.2) is 11.5 Å². The third kappa shape index (κ3) is 2.66. The van der Waals surface area contributed by atoms with E-state index in [0.717, 1.165) is 16.9 Å². The summed E-state index contributed by atoms with van der Waals surface area (Å²) in [6.07, 6.45) is 0. The van der Waals surface area contributed by atoms with E-state index in [2.05, 4.69) is 0 Å². The van der Waals surface area contributed by atoms with Crippen LogP contribution in [0.4, 0.5) is 5.69 Å². The van der Waals surface area contributed by atoms with Gasteiger partial charge in [-0.15, -0.1) is 0 Å². The first-order chi connectivity index (χ1) is 8.70. The van der Waals surface area contributed by atoms with Crippen molar-refractivity contribution in [2.45, 2.75) is 6.92 Å². The predicted molar refractivity (Wildman–Crippen MR) is 69.7 cm³/mol. The summed E-state index contributed by atoms with van der Waals surface area (Å²) in [6.45, 7) is 2.57. The molecule has 92 valence electrons. The average Bonchev–Trinajstić information content (AvgIpc) is 2.40. The van der Waals surface area contributed by atoms with Gasteiger partial charge < -0.3 is 4.74 Å². The van der Waals surface area contributed by atoms with Crippen LogP contribution in [0.2, 0.25) is 0 Å². The van der Waals surface area contributed by atoms with Gasteiger partial charge >= 0.3 is 0 Å². The topological polar surface area (TPSA) is 52.4 Å². The zero-order chi connectivity index (χ0) is 13.0. The Morgan fingerprint density at radius 2 is 1.50 bits per heavy atom. The molecule has 0 fully saturated rings. The standard InChI is InChI=1S/C14H13NO3/c1-2-18-14-9-5-12(6-10-14)11-3-7-13(8-4-11)15(16)17/h3-10H,2H2,1H3. The number of nitro groups is 1. The van der Waals surface area contributed by atoms with Gasteiger partial charge in [-0.2, -0.15) is 0 Å². The number of hydrogen-bond donors (Lipinski definition) is 0. The van der Waals surface area contributed by atoms with E-state index in [0.29, 0.717) is 6.61 Å². The van der Waals surface area contributed by atoms with Gasteiger partial charge in [0, 0.05) is 12.1 Å². The molecule has 0 aromatic heterocycles. The first kappa shape index (κ1) is 12.1. The molecule has 0 amide bonds. The van der Waals surface area contributed by atoms with Gasteiger partial charge in [-0.25, -0.2) is 0 Å². The maximum Gasteiger partial charge on any atom is 0.269 e. The fourth-order valence-corrected chi connectivity index (χ4v) is 1.69. The molecule has 2 rings (SSSR count). The van der Waals surface area contributed by atoms with Crippen LogP contribution in [0.3, 0.4) is 0 Å². The van der Waals surface area contributed by atoms with E-state index < -0.39 is 4.92 Å². The molecule has 0 radical (unpaired) electrons. The van der Waals surface area contributed by atoms with Gasteiger partial charge in [0.05, 0.1) is 11.5 Å². The lowest BCUT2D eigenvalue weighted by molar-refractivity contribution is -0.384. The molecule has 0 unspecified atom stereocenters. The number of rotatable bonds is 4. The first-order valence-electron chi connectivity index (χ1n) is 5.68. The largest absolute Gasteiger partial charge is 0.494 e. The van der Waals surface area contributed by atoms with Gasteiger partial charge in [0.15, 0.2) is 0 Å². The Hall–Kier alpha value is -2.36. The van der Waals surface area contributed by atoms with Gasteiger partial charge in [0.2, 0.25) is 0 Å². The highest BCUT2D eigenvalue weighted by Crippen LogP contribution is 2.24. The molecule has 0 aliphatic rings. The van der Waals surface area contributed by atoms with Gasteiger partial charge in [-0.05, 0) is 42.3 Å². The molecule has 2 aromatic carbocycles. The van der Waals surface area contributed by atoms with Crippen molar-refractivity contribution in [3.8, 4) is 16.9 Å². The maximum absolute atomic E-state index is 10.6. The molecule has 0 bridgehead atoms. The van der Waals surface area contributed by atoms with Crippen molar-refractivity contribution >= 4 is 5.69 Å². The van der Waals surface area contributed by atoms with Crippen molar-refractivity contribution in [3.63, 3.8) is 0 Å². The van der Waals surface area contributed by atoms with E-state index >= 15 is 0 Å². The summed E-state index contributed by atoms with van der Waals surface area (Å²) >= 11 is 0. The predicted octanol–water partition coefficient (Wildman–Crippen LogP) is 3.66. The van der Waals surface area contributed by atoms with Crippen molar-refractivity contribution in [1.82, 2.24) is 0 Å². The molecule has 0 aliphatic carbocycles. The molecule has 0 atom stereocenters. The molecule has 4 nitrogen and oxygen atoms in total. The van der Waals surface area contributed by atoms with Crippen molar-refractivity contribution in [1.29, 1.82) is 0 Å². The van der Waals surface area contributed by atoms with E-state index in [1.54, 1.807) is 12.1 Å². The lowest BCUT2D eigenvalue weighted by Crippen LogP contribution is -1.90. The van der Waals surface area contributed by atoms with Crippen LogP contribution < -0.4 is 4.74 Å². The zero-order valence-electron chi connectivity index (χ0n) is 10.00. The number of nitrogens with zero attached hydrogens (tertiary/aromatic N) is 1. The molecular weight excluding hydrogens is 230 g/mol. The Balaban J connectivity index is 2.23. The molecular formula is C14H13NO3. The Bertz CT molecular complexity index is 532. The van der Waals surface area contributed by atoms with Gasteiger partial charge in [0.25, 0.3) is 5.69 Å². The number of benzene rings is 2. The van der Waals surface area contributed by atoms with Crippen LogP contribution in [0.1, 0.15) is 6.92 Å². The minimum Gasteiger partial charge on any atom is -0.494 e. The maximum atomic E-state index is 10.6. The van der Waals surface area contributed by atoms with Crippen LogP contribution in [0.25, 0.3) is 11.1 Å². The average molecular weight is 243 g/mol. The normalized spacial score (nSPS) is 10.1. The highest BCUT2D eigenvalue weighted by Gasteiger charge is 2.05. The lowest BCUT2D eigenvalue weighted by Gasteiger charge is -2.05. The van der Waals surface area contributed by atoms with Crippen LogP contribution in [0, 0.1) is 10.1 Å². The fraction of sp³-hybridized carbons (Fsp3) is 0.143. The molecule has 2 aromatic rings. The third-order valence-corrected chi connectivity index (χ3v) is 2.58. The number of nitro benzene ring substituents is 1. The Labute approximate surface area is 105 Å². The van der Waals surface area contributed by atoms with E-state index in [4.69, 9.17) is 4.74 Å².